The van der Waals surface area contributed by atoms with Crippen LogP contribution in [0.1, 0.15) is 25.0 Å². The van der Waals surface area contributed by atoms with Gasteiger partial charge in [-0.2, -0.15) is 10.2 Å². The van der Waals surface area contributed by atoms with Gasteiger partial charge in [-0.3, -0.25) is 20.2 Å². The average Bonchev–Trinajstić information content (AvgIpc) is 3.15. The number of nitro benzene ring substituents is 2. The first-order chi connectivity index (χ1) is 26.4. The second-order valence-corrected chi connectivity index (χ2v) is 14.4. The van der Waals surface area contributed by atoms with E-state index in [1.165, 1.54) is 36.4 Å². The largest absolute Gasteiger partial charge is 2.00 e. The van der Waals surface area contributed by atoms with Gasteiger partial charge in [0.25, 0.3) is 11.4 Å². The fraction of sp³-hybridized carbons (Fsp3) is 0.111. The number of azo groups is 2. The standard InChI is InChI=1S/2C18H15N3O6S.Ba/c2*1-2-11-7-8-12(9-15(11)21(23)24)19-20-18-14-6-4-3-5-13(14)17(10-16(18)22)28(25,26)27;/h2*3-10,22H,2H2,1H3,(H,25,26,27);/q;;+2/p-2. The van der Waals surface area contributed by atoms with Gasteiger partial charge < -0.3 is 19.3 Å². The Hall–Kier alpha value is -5.17. The summed E-state index contributed by atoms with van der Waals surface area (Å²) < 4.78 is 68.8. The van der Waals surface area contributed by atoms with Crippen LogP contribution in [0, 0.1) is 20.2 Å². The first-order valence-electron chi connectivity index (χ1n) is 16.2. The van der Waals surface area contributed by atoms with Crippen molar-refractivity contribution in [1.29, 1.82) is 0 Å². The number of hydrogen-bond acceptors (Lipinski definition) is 16. The molecule has 0 atom stereocenters. The van der Waals surface area contributed by atoms with Crippen LogP contribution in [0.4, 0.5) is 34.1 Å². The molecule has 6 rings (SSSR count). The zero-order valence-corrected chi connectivity index (χ0v) is 35.9. The van der Waals surface area contributed by atoms with E-state index in [2.05, 4.69) is 20.5 Å². The summed E-state index contributed by atoms with van der Waals surface area (Å²) in [4.78, 5) is 20.2. The molecule has 288 valence electrons. The molecule has 57 heavy (non-hydrogen) atoms. The third-order valence-corrected chi connectivity index (χ3v) is 10.0. The second-order valence-electron chi connectivity index (χ2n) is 11.7. The van der Waals surface area contributed by atoms with Crippen molar-refractivity contribution in [2.75, 3.05) is 0 Å². The fourth-order valence-corrected chi connectivity index (χ4v) is 7.04. The summed E-state index contributed by atoms with van der Waals surface area (Å²) in [5.74, 6) is -1.09. The number of phenolic OH excluding ortho intramolecular Hbond substituents is 2. The molecular formula is C36H28BaN6O12S2. The Morgan fingerprint density at radius 2 is 0.877 bits per heavy atom. The molecule has 0 heterocycles. The maximum atomic E-state index is 11.5. The molecule has 0 saturated carbocycles. The predicted molar refractivity (Wildman–Crippen MR) is 206 cm³/mol. The van der Waals surface area contributed by atoms with Crippen molar-refractivity contribution in [3.8, 4) is 11.5 Å². The summed E-state index contributed by atoms with van der Waals surface area (Å²) in [5.41, 5.74) is 1.17. The smallest absolute Gasteiger partial charge is 0.744 e. The maximum absolute atomic E-state index is 11.5. The average molecular weight is 938 g/mol. The molecule has 2 N–H and O–H groups in total. The topological polar surface area (TPSA) is 291 Å². The molecule has 0 fully saturated rings. The minimum atomic E-state index is -4.82. The fourth-order valence-electron chi connectivity index (χ4n) is 5.63. The van der Waals surface area contributed by atoms with E-state index in [0.29, 0.717) is 24.0 Å². The van der Waals surface area contributed by atoms with Gasteiger partial charge in [0, 0.05) is 56.9 Å². The van der Waals surface area contributed by atoms with Crippen LogP contribution in [0.2, 0.25) is 0 Å². The van der Waals surface area contributed by atoms with Crippen molar-refractivity contribution in [2.45, 2.75) is 36.5 Å². The maximum Gasteiger partial charge on any atom is 2.00 e. The molecule has 6 aromatic rings. The number of fused-ring (bicyclic) bond motifs is 2. The Balaban J connectivity index is 0.000000248. The van der Waals surface area contributed by atoms with E-state index >= 15 is 0 Å². The molecule has 0 unspecified atom stereocenters. The SMILES string of the molecule is CCc1ccc(N=Nc2c(O)cc(S(=O)(=O)[O-])c3ccccc23)cc1[N+](=O)[O-].CCc1ccc(N=Nc2c(O)cc(S(=O)(=O)[O-])c3ccccc23)cc1[N+](=O)[O-].[Ba+2]. The Morgan fingerprint density at radius 3 is 1.18 bits per heavy atom. The van der Waals surface area contributed by atoms with Crippen LogP contribution in [0.15, 0.2) is 127 Å². The van der Waals surface area contributed by atoms with Crippen LogP contribution in [0.5, 0.6) is 11.5 Å². The summed E-state index contributed by atoms with van der Waals surface area (Å²) in [5, 5.41) is 59.1. The Morgan fingerprint density at radius 1 is 0.544 bits per heavy atom. The summed E-state index contributed by atoms with van der Waals surface area (Å²) in [6.45, 7) is 3.58. The van der Waals surface area contributed by atoms with Crippen LogP contribution < -0.4 is 0 Å². The molecule has 0 amide bonds. The van der Waals surface area contributed by atoms with Crippen LogP contribution in [0.25, 0.3) is 21.5 Å². The van der Waals surface area contributed by atoms with Gasteiger partial charge in [0.15, 0.2) is 0 Å². The van der Waals surface area contributed by atoms with Gasteiger partial charge in [-0.15, -0.1) is 10.2 Å². The molecule has 0 aliphatic carbocycles. The van der Waals surface area contributed by atoms with Crippen LogP contribution >= 0.6 is 0 Å². The molecule has 0 aliphatic rings. The first-order valence-corrected chi connectivity index (χ1v) is 19.1. The van der Waals surface area contributed by atoms with Crippen molar-refractivity contribution >= 4 is 125 Å². The van der Waals surface area contributed by atoms with E-state index < -0.39 is 51.4 Å². The molecule has 0 saturated heterocycles. The molecule has 0 aliphatic heterocycles. The number of benzene rings is 6. The molecule has 0 radical (unpaired) electrons. The van der Waals surface area contributed by atoms with E-state index in [0.717, 1.165) is 12.1 Å². The van der Waals surface area contributed by atoms with Crippen molar-refractivity contribution in [3.63, 3.8) is 0 Å². The third-order valence-electron chi connectivity index (χ3n) is 8.28. The molecule has 0 spiro atoms. The number of phenols is 2. The number of nitrogens with zero attached hydrogens (tertiary/aromatic N) is 6. The Bertz CT molecular complexity index is 2640. The van der Waals surface area contributed by atoms with Crippen molar-refractivity contribution in [1.82, 2.24) is 0 Å². The van der Waals surface area contributed by atoms with E-state index in [9.17, 15) is 56.4 Å². The molecule has 0 bridgehead atoms. The van der Waals surface area contributed by atoms with E-state index in [-0.39, 0.29) is 105 Å². The van der Waals surface area contributed by atoms with Gasteiger partial charge in [0.2, 0.25) is 0 Å². The number of nitro groups is 2. The predicted octanol–water partition coefficient (Wildman–Crippen LogP) is 8.29. The zero-order chi connectivity index (χ0) is 40.9. The molecular weight excluding hydrogens is 910 g/mol. The first kappa shape index (κ1) is 44.5. The Labute approximate surface area is 364 Å². The van der Waals surface area contributed by atoms with Gasteiger partial charge in [-0.05, 0) is 37.1 Å². The quantitative estimate of drug-likeness (QED) is 0.0431. The van der Waals surface area contributed by atoms with E-state index in [4.69, 9.17) is 0 Å². The van der Waals surface area contributed by atoms with Crippen LogP contribution in [-0.4, -0.2) is 94.9 Å². The van der Waals surface area contributed by atoms with Crippen molar-refractivity contribution in [2.24, 2.45) is 20.5 Å². The molecule has 0 aromatic heterocycles. The van der Waals surface area contributed by atoms with Gasteiger partial charge >= 0.3 is 48.9 Å². The zero-order valence-electron chi connectivity index (χ0n) is 29.8. The van der Waals surface area contributed by atoms with Gasteiger partial charge in [0.1, 0.15) is 43.1 Å². The monoisotopic (exact) mass is 938 g/mol. The second kappa shape index (κ2) is 18.4. The normalized spacial score (nSPS) is 11.7. The number of aromatic hydroxyl groups is 2. The minimum Gasteiger partial charge on any atom is -0.744 e. The molecule has 21 heteroatoms. The number of aryl methyl sites for hydroxylation is 2. The van der Waals surface area contributed by atoms with Crippen LogP contribution in [0.3, 0.4) is 0 Å². The minimum absolute atomic E-state index is 0. The third kappa shape index (κ3) is 10.2. The van der Waals surface area contributed by atoms with Gasteiger partial charge in [0.05, 0.1) is 31.0 Å². The van der Waals surface area contributed by atoms with Crippen molar-refractivity contribution < 1.29 is 46.0 Å². The number of hydrogen-bond donors (Lipinski definition) is 2. The number of rotatable bonds is 10. The Kier molecular flexibility index (Phi) is 14.4. The van der Waals surface area contributed by atoms with E-state index in [1.807, 2.05) is 0 Å². The summed E-state index contributed by atoms with van der Waals surface area (Å²) in [6.07, 6.45) is 0.953. The summed E-state index contributed by atoms with van der Waals surface area (Å²) in [7, 11) is -9.63. The van der Waals surface area contributed by atoms with E-state index in [1.54, 1.807) is 62.4 Å². The van der Waals surface area contributed by atoms with Gasteiger partial charge in [-0.25, -0.2) is 16.8 Å². The van der Waals surface area contributed by atoms with Crippen molar-refractivity contribution in [3.05, 3.63) is 128 Å². The van der Waals surface area contributed by atoms with Gasteiger partial charge in [-0.1, -0.05) is 62.4 Å². The van der Waals surface area contributed by atoms with Crippen LogP contribution in [-0.2, 0) is 33.1 Å². The summed E-state index contributed by atoms with van der Waals surface area (Å²) in [6, 6.07) is 22.5. The molecule has 18 nitrogen and oxygen atoms in total. The molecule has 6 aromatic carbocycles. The summed E-state index contributed by atoms with van der Waals surface area (Å²) >= 11 is 0.